The van der Waals surface area contributed by atoms with Crippen LogP contribution >= 0.6 is 11.6 Å². The SMILES string of the molecule is C=C1NC(=O)N[C@@H](c2ccccc2Cl)[C@H]1C(=O)N1CCOCC1. The lowest BCUT2D eigenvalue weighted by Gasteiger charge is -2.38. The van der Waals surface area contributed by atoms with Gasteiger partial charge in [-0.2, -0.15) is 0 Å². The number of halogens is 1. The Morgan fingerprint density at radius 3 is 2.70 bits per heavy atom. The second kappa shape index (κ2) is 6.60. The van der Waals surface area contributed by atoms with Crippen molar-refractivity contribution in [3.63, 3.8) is 0 Å². The van der Waals surface area contributed by atoms with Crippen LogP contribution in [-0.2, 0) is 9.53 Å². The number of ether oxygens (including phenoxy) is 1. The number of carbonyl (C=O) groups excluding carboxylic acids is 2. The van der Waals surface area contributed by atoms with E-state index < -0.39 is 12.0 Å². The molecule has 0 radical (unpaired) electrons. The third kappa shape index (κ3) is 3.18. The van der Waals surface area contributed by atoms with E-state index in [1.54, 1.807) is 11.0 Å². The summed E-state index contributed by atoms with van der Waals surface area (Å²) in [7, 11) is 0. The molecule has 2 N–H and O–H groups in total. The molecule has 0 bridgehead atoms. The number of morpholine rings is 1. The first kappa shape index (κ1) is 15.8. The van der Waals surface area contributed by atoms with E-state index >= 15 is 0 Å². The Balaban J connectivity index is 1.93. The van der Waals surface area contributed by atoms with Gasteiger partial charge in [-0.15, -0.1) is 0 Å². The third-order valence-electron chi connectivity index (χ3n) is 4.10. The Bertz CT molecular complexity index is 643. The predicted octanol–water partition coefficient (Wildman–Crippen LogP) is 1.68. The second-order valence-electron chi connectivity index (χ2n) is 5.54. The number of rotatable bonds is 2. The normalized spacial score (nSPS) is 24.8. The number of amides is 3. The highest BCUT2D eigenvalue weighted by atomic mass is 35.5. The monoisotopic (exact) mass is 335 g/mol. The quantitative estimate of drug-likeness (QED) is 0.864. The number of hydrogen-bond acceptors (Lipinski definition) is 3. The summed E-state index contributed by atoms with van der Waals surface area (Å²) in [6, 6.07) is 6.26. The zero-order chi connectivity index (χ0) is 16.4. The Kier molecular flexibility index (Phi) is 4.54. The van der Waals surface area contributed by atoms with Crippen LogP contribution in [0.2, 0.25) is 5.02 Å². The fraction of sp³-hybridized carbons (Fsp3) is 0.375. The smallest absolute Gasteiger partial charge is 0.319 e. The zero-order valence-corrected chi connectivity index (χ0v) is 13.3. The zero-order valence-electron chi connectivity index (χ0n) is 12.5. The van der Waals surface area contributed by atoms with Gasteiger partial charge in [0, 0.05) is 23.8 Å². The van der Waals surface area contributed by atoms with Gasteiger partial charge >= 0.3 is 6.03 Å². The molecule has 3 rings (SSSR count). The van der Waals surface area contributed by atoms with Crippen molar-refractivity contribution in [3.8, 4) is 0 Å². The molecule has 2 atom stereocenters. The lowest BCUT2D eigenvalue weighted by atomic mass is 9.87. The summed E-state index contributed by atoms with van der Waals surface area (Å²) in [5, 5.41) is 5.91. The number of hydrogen-bond donors (Lipinski definition) is 2. The Morgan fingerprint density at radius 1 is 1.30 bits per heavy atom. The van der Waals surface area contributed by atoms with E-state index in [9.17, 15) is 9.59 Å². The van der Waals surface area contributed by atoms with Crippen molar-refractivity contribution >= 4 is 23.5 Å². The van der Waals surface area contributed by atoms with E-state index in [4.69, 9.17) is 16.3 Å². The molecule has 0 unspecified atom stereocenters. The molecule has 1 aromatic carbocycles. The van der Waals surface area contributed by atoms with Gasteiger partial charge in [0.1, 0.15) is 5.92 Å². The van der Waals surface area contributed by atoms with Crippen molar-refractivity contribution in [1.82, 2.24) is 15.5 Å². The first-order valence-corrected chi connectivity index (χ1v) is 7.83. The van der Waals surface area contributed by atoms with Crippen LogP contribution in [-0.4, -0.2) is 43.1 Å². The first-order chi connectivity index (χ1) is 11.1. The van der Waals surface area contributed by atoms with Gasteiger partial charge in [0.2, 0.25) is 5.91 Å². The minimum Gasteiger partial charge on any atom is -0.378 e. The highest BCUT2D eigenvalue weighted by molar-refractivity contribution is 6.31. The van der Waals surface area contributed by atoms with Gasteiger partial charge in [-0.3, -0.25) is 4.79 Å². The van der Waals surface area contributed by atoms with Gasteiger partial charge in [-0.05, 0) is 11.6 Å². The number of urea groups is 1. The summed E-state index contributed by atoms with van der Waals surface area (Å²) in [6.07, 6.45) is 0. The molecule has 23 heavy (non-hydrogen) atoms. The molecule has 2 aliphatic heterocycles. The minimum atomic E-state index is -0.606. The van der Waals surface area contributed by atoms with Crippen LogP contribution in [0.15, 0.2) is 36.5 Å². The van der Waals surface area contributed by atoms with E-state index in [0.29, 0.717) is 42.6 Å². The lowest BCUT2D eigenvalue weighted by molar-refractivity contribution is -0.139. The molecule has 0 aliphatic carbocycles. The molecule has 1 aromatic rings. The molecule has 2 fully saturated rings. The maximum absolute atomic E-state index is 12.9. The Labute approximate surface area is 139 Å². The Hall–Kier alpha value is -2.05. The topological polar surface area (TPSA) is 70.7 Å². The number of carbonyl (C=O) groups is 2. The highest BCUT2D eigenvalue weighted by Crippen LogP contribution is 2.34. The summed E-state index contributed by atoms with van der Waals surface area (Å²) < 4.78 is 5.29. The molecule has 0 aromatic heterocycles. The van der Waals surface area contributed by atoms with Crippen LogP contribution in [0, 0.1) is 5.92 Å². The largest absolute Gasteiger partial charge is 0.378 e. The van der Waals surface area contributed by atoms with Crippen molar-refractivity contribution < 1.29 is 14.3 Å². The first-order valence-electron chi connectivity index (χ1n) is 7.45. The molecule has 122 valence electrons. The second-order valence-corrected chi connectivity index (χ2v) is 5.95. The van der Waals surface area contributed by atoms with Gasteiger partial charge in [-0.1, -0.05) is 36.4 Å². The van der Waals surface area contributed by atoms with Gasteiger partial charge in [-0.25, -0.2) is 4.79 Å². The fourth-order valence-electron chi connectivity index (χ4n) is 2.94. The van der Waals surface area contributed by atoms with Crippen LogP contribution < -0.4 is 10.6 Å². The van der Waals surface area contributed by atoms with Gasteiger partial charge < -0.3 is 20.3 Å². The van der Waals surface area contributed by atoms with Crippen molar-refractivity contribution in [2.75, 3.05) is 26.3 Å². The van der Waals surface area contributed by atoms with Crippen LogP contribution in [0.5, 0.6) is 0 Å². The molecular weight excluding hydrogens is 318 g/mol. The lowest BCUT2D eigenvalue weighted by Crippen LogP contribution is -2.55. The third-order valence-corrected chi connectivity index (χ3v) is 4.44. The summed E-state index contributed by atoms with van der Waals surface area (Å²) in [5.41, 5.74) is 1.09. The number of benzene rings is 1. The standard InChI is InChI=1S/C16H18ClN3O3/c1-10-13(15(21)20-6-8-23-9-7-20)14(19-16(22)18-10)11-4-2-3-5-12(11)17/h2-5,13-14H,1,6-9H2,(H2,18,19,22)/t13-,14-/m0/s1. The Morgan fingerprint density at radius 2 is 2.00 bits per heavy atom. The average molecular weight is 336 g/mol. The van der Waals surface area contributed by atoms with Crippen molar-refractivity contribution in [2.24, 2.45) is 5.92 Å². The van der Waals surface area contributed by atoms with E-state index in [2.05, 4.69) is 17.2 Å². The molecule has 2 aliphatic rings. The van der Waals surface area contributed by atoms with Gasteiger partial charge in [0.05, 0.1) is 19.3 Å². The van der Waals surface area contributed by atoms with Gasteiger partial charge in [0.15, 0.2) is 0 Å². The van der Waals surface area contributed by atoms with E-state index in [1.165, 1.54) is 0 Å². The molecular formula is C16H18ClN3O3. The molecule has 6 nitrogen and oxygen atoms in total. The number of nitrogens with one attached hydrogen (secondary N) is 2. The predicted molar refractivity (Wildman–Crippen MR) is 85.9 cm³/mol. The van der Waals surface area contributed by atoms with E-state index in [-0.39, 0.29) is 11.9 Å². The maximum Gasteiger partial charge on any atom is 0.319 e. The molecule has 2 heterocycles. The molecule has 3 amide bonds. The molecule has 7 heteroatoms. The van der Waals surface area contributed by atoms with Crippen molar-refractivity contribution in [1.29, 1.82) is 0 Å². The number of nitrogens with zero attached hydrogens (tertiary/aromatic N) is 1. The van der Waals surface area contributed by atoms with Crippen LogP contribution in [0.25, 0.3) is 0 Å². The van der Waals surface area contributed by atoms with Crippen LogP contribution in [0.1, 0.15) is 11.6 Å². The molecule has 0 spiro atoms. The van der Waals surface area contributed by atoms with Crippen LogP contribution in [0.3, 0.4) is 0 Å². The maximum atomic E-state index is 12.9. The van der Waals surface area contributed by atoms with Crippen LogP contribution in [0.4, 0.5) is 4.79 Å². The molecule has 2 saturated heterocycles. The summed E-state index contributed by atoms with van der Waals surface area (Å²) >= 11 is 6.26. The van der Waals surface area contributed by atoms with Crippen molar-refractivity contribution in [3.05, 3.63) is 47.1 Å². The minimum absolute atomic E-state index is 0.0873. The summed E-state index contributed by atoms with van der Waals surface area (Å²) in [6.45, 7) is 5.97. The summed E-state index contributed by atoms with van der Waals surface area (Å²) in [4.78, 5) is 26.5. The van der Waals surface area contributed by atoms with Crippen molar-refractivity contribution in [2.45, 2.75) is 6.04 Å². The average Bonchev–Trinajstić information content (AvgIpc) is 2.55. The van der Waals surface area contributed by atoms with E-state index in [1.807, 2.05) is 18.2 Å². The van der Waals surface area contributed by atoms with Gasteiger partial charge in [0.25, 0.3) is 0 Å². The van der Waals surface area contributed by atoms with E-state index in [0.717, 1.165) is 0 Å². The molecule has 0 saturated carbocycles. The summed E-state index contributed by atoms with van der Waals surface area (Å²) in [5.74, 6) is -0.693. The highest BCUT2D eigenvalue weighted by Gasteiger charge is 2.40. The fourth-order valence-corrected chi connectivity index (χ4v) is 3.20.